The van der Waals surface area contributed by atoms with E-state index >= 15 is 0 Å². The van der Waals surface area contributed by atoms with E-state index < -0.39 is 5.54 Å². The number of nitrogens with one attached hydrogen (secondary N) is 1. The molecule has 2 aliphatic heterocycles. The molecule has 3 atom stereocenters. The van der Waals surface area contributed by atoms with Crippen LogP contribution in [0.1, 0.15) is 17.5 Å². The molecule has 1 aromatic heterocycles. The van der Waals surface area contributed by atoms with E-state index in [-0.39, 0.29) is 12.3 Å². The van der Waals surface area contributed by atoms with Gasteiger partial charge in [0.05, 0.1) is 25.0 Å². The molecule has 1 fully saturated rings. The second kappa shape index (κ2) is 5.22. The minimum atomic E-state index is -0.547. The van der Waals surface area contributed by atoms with Crippen LogP contribution in [0.25, 0.3) is 0 Å². The Morgan fingerprint density at radius 2 is 2.27 bits per heavy atom. The number of halogens is 1. The van der Waals surface area contributed by atoms with Gasteiger partial charge < -0.3 is 15.1 Å². The molecule has 0 radical (unpaired) electrons. The third kappa shape index (κ3) is 2.02. The first-order valence-corrected chi connectivity index (χ1v) is 8.11. The highest BCUT2D eigenvalue weighted by Crippen LogP contribution is 2.43. The Bertz CT molecular complexity index is 702. The highest BCUT2D eigenvalue weighted by atomic mass is 79.9. The van der Waals surface area contributed by atoms with Crippen LogP contribution in [-0.2, 0) is 5.54 Å². The first-order valence-electron chi connectivity index (χ1n) is 7.31. The zero-order chi connectivity index (χ0) is 15.2. The van der Waals surface area contributed by atoms with Crippen molar-refractivity contribution in [2.75, 3.05) is 6.54 Å². The lowest BCUT2D eigenvalue weighted by atomic mass is 9.81. The average Bonchev–Trinajstić information content (AvgIpc) is 3.14. The zero-order valence-corrected chi connectivity index (χ0v) is 13.5. The van der Waals surface area contributed by atoms with E-state index in [1.54, 1.807) is 12.5 Å². The molecule has 2 aromatic rings. The summed E-state index contributed by atoms with van der Waals surface area (Å²) in [6.07, 6.45) is 6.25. The highest BCUT2D eigenvalue weighted by Gasteiger charge is 2.50. The van der Waals surface area contributed by atoms with E-state index in [1.165, 1.54) is 0 Å². The van der Waals surface area contributed by atoms with Crippen molar-refractivity contribution in [3.05, 3.63) is 58.5 Å². The third-order valence-corrected chi connectivity index (χ3v) is 4.93. The van der Waals surface area contributed by atoms with E-state index in [0.29, 0.717) is 0 Å². The van der Waals surface area contributed by atoms with Gasteiger partial charge in [-0.2, -0.15) is 0 Å². The summed E-state index contributed by atoms with van der Waals surface area (Å²) >= 11 is 3.56. The quantitative estimate of drug-likeness (QED) is 0.861. The van der Waals surface area contributed by atoms with Gasteiger partial charge in [0, 0.05) is 16.6 Å². The molecular weight excluding hydrogens is 344 g/mol. The molecule has 1 aromatic carbocycles. The number of hydrogen-bond acceptors (Lipinski definition) is 5. The number of nitrogens with two attached hydrogens (primary N) is 1. The maximum absolute atomic E-state index is 6.15. The van der Waals surface area contributed by atoms with Crippen molar-refractivity contribution in [1.82, 2.24) is 10.2 Å². The van der Waals surface area contributed by atoms with Crippen LogP contribution in [0.2, 0.25) is 0 Å². The van der Waals surface area contributed by atoms with E-state index in [1.807, 2.05) is 24.5 Å². The largest absolute Gasteiger partial charge is 0.472 e. The smallest absolute Gasteiger partial charge is 0.149 e. The van der Waals surface area contributed by atoms with Crippen LogP contribution >= 0.6 is 15.9 Å². The number of hydrogen-bond donors (Lipinski definition) is 2. The highest BCUT2D eigenvalue weighted by molar-refractivity contribution is 9.10. The molecule has 1 saturated heterocycles. The van der Waals surface area contributed by atoms with Crippen molar-refractivity contribution in [3.8, 4) is 0 Å². The van der Waals surface area contributed by atoms with Crippen molar-refractivity contribution >= 4 is 22.3 Å². The fourth-order valence-electron chi connectivity index (χ4n) is 3.36. The molecule has 3 heterocycles. The molecular formula is C16H17BrN4O. The van der Waals surface area contributed by atoms with Crippen LogP contribution in [0.15, 0.2) is 56.7 Å². The summed E-state index contributed by atoms with van der Waals surface area (Å²) in [5.41, 5.74) is 7.73. The molecule has 22 heavy (non-hydrogen) atoms. The molecule has 114 valence electrons. The predicted octanol–water partition coefficient (Wildman–Crippen LogP) is 2.23. The first kappa shape index (κ1) is 14.0. The zero-order valence-electron chi connectivity index (χ0n) is 11.9. The number of fused-ring (bicyclic) bond motifs is 1. The lowest BCUT2D eigenvalue weighted by Gasteiger charge is -2.42. The van der Waals surface area contributed by atoms with E-state index in [2.05, 4.69) is 38.3 Å². The average molecular weight is 361 g/mol. The van der Waals surface area contributed by atoms with Gasteiger partial charge in [0.15, 0.2) is 0 Å². The van der Waals surface area contributed by atoms with Gasteiger partial charge in [0.1, 0.15) is 11.7 Å². The summed E-state index contributed by atoms with van der Waals surface area (Å²) in [5.74, 6) is 0. The minimum Gasteiger partial charge on any atom is -0.472 e. The van der Waals surface area contributed by atoms with Gasteiger partial charge in [-0.3, -0.25) is 10.3 Å². The molecule has 0 aliphatic carbocycles. The second-order valence-electron chi connectivity index (χ2n) is 5.74. The summed E-state index contributed by atoms with van der Waals surface area (Å²) in [5, 5.41) is 3.50. The lowest BCUT2D eigenvalue weighted by molar-refractivity contribution is 0.148. The summed E-state index contributed by atoms with van der Waals surface area (Å²) in [7, 11) is 0. The maximum Gasteiger partial charge on any atom is 0.149 e. The van der Waals surface area contributed by atoms with Crippen molar-refractivity contribution in [2.24, 2.45) is 10.7 Å². The monoisotopic (exact) mass is 360 g/mol. The van der Waals surface area contributed by atoms with Gasteiger partial charge in [0.2, 0.25) is 0 Å². The summed E-state index contributed by atoms with van der Waals surface area (Å²) in [6, 6.07) is 10.2. The van der Waals surface area contributed by atoms with E-state index in [9.17, 15) is 0 Å². The van der Waals surface area contributed by atoms with E-state index in [4.69, 9.17) is 15.1 Å². The fraction of sp³-hybridized carbons (Fsp3) is 0.312. The van der Waals surface area contributed by atoms with Crippen LogP contribution in [0.4, 0.5) is 0 Å². The molecule has 3 N–H and O–H groups in total. The van der Waals surface area contributed by atoms with Crippen molar-refractivity contribution in [3.63, 3.8) is 0 Å². The van der Waals surface area contributed by atoms with Crippen LogP contribution in [0.5, 0.6) is 0 Å². The second-order valence-corrected chi connectivity index (χ2v) is 6.65. The Hall–Kier alpha value is -1.63. The molecule has 0 spiro atoms. The van der Waals surface area contributed by atoms with Crippen molar-refractivity contribution in [1.29, 1.82) is 0 Å². The van der Waals surface area contributed by atoms with Gasteiger partial charge >= 0.3 is 0 Å². The predicted molar refractivity (Wildman–Crippen MR) is 88.3 cm³/mol. The summed E-state index contributed by atoms with van der Waals surface area (Å²) in [4.78, 5) is 7.12. The maximum atomic E-state index is 6.15. The van der Waals surface area contributed by atoms with Gasteiger partial charge in [-0.25, -0.2) is 0 Å². The SMILES string of the molecule is NC1CCN2C=NC(c3ccoc3)(c3cccc(Br)c3)C2N1. The van der Waals surface area contributed by atoms with Crippen molar-refractivity contribution in [2.45, 2.75) is 24.3 Å². The summed E-state index contributed by atoms with van der Waals surface area (Å²) in [6.45, 7) is 0.899. The Kier molecular flexibility index (Phi) is 3.32. The Morgan fingerprint density at radius 1 is 1.36 bits per heavy atom. The molecule has 3 unspecified atom stereocenters. The van der Waals surface area contributed by atoms with Crippen molar-refractivity contribution < 1.29 is 4.42 Å². The molecule has 2 aliphatic rings. The van der Waals surface area contributed by atoms with Crippen LogP contribution in [0, 0.1) is 0 Å². The number of aliphatic imine (C=N–C) groups is 1. The standard InChI is InChI=1S/C16H17BrN4O/c17-13-3-1-2-11(8-13)16(12-5-7-22-9-12)15-20-14(18)4-6-21(15)10-19-16/h1-3,5,7-10,14-15,20H,4,6,18H2. The van der Waals surface area contributed by atoms with Gasteiger partial charge in [-0.15, -0.1) is 0 Å². The van der Waals surface area contributed by atoms with Crippen LogP contribution in [0.3, 0.4) is 0 Å². The molecule has 4 rings (SSSR count). The number of furan rings is 1. The van der Waals surface area contributed by atoms with Gasteiger partial charge in [-0.05, 0) is 30.2 Å². The number of nitrogens with zero attached hydrogens (tertiary/aromatic N) is 2. The van der Waals surface area contributed by atoms with Crippen LogP contribution < -0.4 is 11.1 Å². The van der Waals surface area contributed by atoms with Gasteiger partial charge in [0.25, 0.3) is 0 Å². The Morgan fingerprint density at radius 3 is 3.05 bits per heavy atom. The topological polar surface area (TPSA) is 66.8 Å². The van der Waals surface area contributed by atoms with Gasteiger partial charge in [-0.1, -0.05) is 28.1 Å². The third-order valence-electron chi connectivity index (χ3n) is 4.43. The Labute approximate surface area is 137 Å². The molecule has 0 amide bonds. The van der Waals surface area contributed by atoms with Crippen LogP contribution in [-0.4, -0.2) is 30.1 Å². The minimum absolute atomic E-state index is 0.0110. The fourth-order valence-corrected chi connectivity index (χ4v) is 3.76. The summed E-state index contributed by atoms with van der Waals surface area (Å²) < 4.78 is 6.38. The molecule has 0 bridgehead atoms. The van der Waals surface area contributed by atoms with E-state index in [0.717, 1.165) is 28.6 Å². The molecule has 5 nitrogen and oxygen atoms in total. The number of benzene rings is 1. The number of rotatable bonds is 2. The Balaban J connectivity index is 1.89. The lowest BCUT2D eigenvalue weighted by Crippen LogP contribution is -2.63. The molecule has 6 heteroatoms. The molecule has 0 saturated carbocycles. The normalized spacial score (nSPS) is 30.5. The first-order chi connectivity index (χ1) is 10.7.